The Labute approximate surface area is 180 Å². The molecule has 0 saturated heterocycles. The Balaban J connectivity index is 2.17. The van der Waals surface area contributed by atoms with Crippen molar-refractivity contribution in [2.24, 2.45) is 5.84 Å². The summed E-state index contributed by atoms with van der Waals surface area (Å²) in [5, 5.41) is -0.918. The molecule has 1 aromatic heterocycles. The molecule has 0 unspecified atom stereocenters. The van der Waals surface area contributed by atoms with Crippen LogP contribution in [0.2, 0.25) is 5.02 Å². The molecule has 158 valence electrons. The van der Waals surface area contributed by atoms with Gasteiger partial charge in [-0.3, -0.25) is 10.1 Å². The number of sulfonamides is 1. The van der Waals surface area contributed by atoms with E-state index in [9.17, 15) is 16.8 Å². The van der Waals surface area contributed by atoms with Crippen molar-refractivity contribution in [3.63, 3.8) is 0 Å². The summed E-state index contributed by atoms with van der Waals surface area (Å²) in [6.07, 6.45) is 0.940. The summed E-state index contributed by atoms with van der Waals surface area (Å²) < 4.78 is 53.6. The first kappa shape index (κ1) is 22.0. The largest absolute Gasteiger partial charge is 0.321 e. The molecule has 1 heterocycles. The van der Waals surface area contributed by atoms with Crippen LogP contribution >= 0.6 is 11.6 Å². The number of nitrogens with two attached hydrogens (primary N) is 1. The Bertz CT molecular complexity index is 1250. The molecule has 0 bridgehead atoms. The highest BCUT2D eigenvalue weighted by Gasteiger charge is 2.32. The monoisotopic (exact) mass is 466 g/mol. The Morgan fingerprint density at radius 2 is 1.57 bits per heavy atom. The zero-order chi connectivity index (χ0) is 21.9. The molecule has 3 rings (SSSR count). The van der Waals surface area contributed by atoms with Crippen molar-refractivity contribution in [1.29, 1.82) is 0 Å². The molecule has 0 atom stereocenters. The number of nitrogens with zero attached hydrogens (tertiary/aromatic N) is 2. The van der Waals surface area contributed by atoms with Gasteiger partial charge in [-0.05, 0) is 31.2 Å². The minimum atomic E-state index is -4.19. The molecule has 0 amide bonds. The lowest BCUT2D eigenvalue weighted by molar-refractivity contribution is 0.585. The highest BCUT2D eigenvalue weighted by Crippen LogP contribution is 2.37. The van der Waals surface area contributed by atoms with Crippen molar-refractivity contribution in [2.45, 2.75) is 21.7 Å². The van der Waals surface area contributed by atoms with Crippen molar-refractivity contribution < 1.29 is 16.8 Å². The van der Waals surface area contributed by atoms with Gasteiger partial charge in [0.1, 0.15) is 9.92 Å². The van der Waals surface area contributed by atoms with Gasteiger partial charge in [-0.1, -0.05) is 48.0 Å². The minimum Gasteiger partial charge on any atom is -0.321 e. The molecule has 3 aromatic rings. The summed E-state index contributed by atoms with van der Waals surface area (Å²) in [7, 11) is -8.24. The van der Waals surface area contributed by atoms with Crippen molar-refractivity contribution in [2.75, 3.05) is 16.3 Å². The SMILES string of the molecule is CCN(c1ccccc1)S(=O)(=O)c1ncc(S(=O)(=O)c2ccccc2)c(NN)c1Cl. The van der Waals surface area contributed by atoms with Crippen LogP contribution in [0.1, 0.15) is 6.92 Å². The predicted octanol–water partition coefficient (Wildman–Crippen LogP) is 3.07. The number of pyridine rings is 1. The lowest BCUT2D eigenvalue weighted by Gasteiger charge is -2.23. The Morgan fingerprint density at radius 1 is 1.00 bits per heavy atom. The van der Waals surface area contributed by atoms with Gasteiger partial charge in [0.05, 0.1) is 16.3 Å². The van der Waals surface area contributed by atoms with E-state index in [4.69, 9.17) is 17.4 Å². The Kier molecular flexibility index (Phi) is 6.32. The molecule has 3 N–H and O–H groups in total. The Morgan fingerprint density at radius 3 is 2.10 bits per heavy atom. The van der Waals surface area contributed by atoms with Crippen LogP contribution in [0.5, 0.6) is 0 Å². The number of sulfone groups is 1. The van der Waals surface area contributed by atoms with Crippen LogP contribution in [-0.2, 0) is 19.9 Å². The molecule has 2 aromatic carbocycles. The maximum atomic E-state index is 13.2. The fourth-order valence-electron chi connectivity index (χ4n) is 2.89. The molecule has 0 aliphatic rings. The first-order valence-corrected chi connectivity index (χ1v) is 12.1. The van der Waals surface area contributed by atoms with Crippen molar-refractivity contribution >= 4 is 42.8 Å². The van der Waals surface area contributed by atoms with Gasteiger partial charge in [-0.25, -0.2) is 13.4 Å². The van der Waals surface area contributed by atoms with Gasteiger partial charge >= 0.3 is 0 Å². The quantitative estimate of drug-likeness (QED) is 0.405. The molecule has 30 heavy (non-hydrogen) atoms. The van der Waals surface area contributed by atoms with Crippen molar-refractivity contribution in [3.8, 4) is 0 Å². The van der Waals surface area contributed by atoms with E-state index < -0.39 is 29.9 Å². The van der Waals surface area contributed by atoms with E-state index in [2.05, 4.69) is 10.4 Å². The number of nitrogens with one attached hydrogen (secondary N) is 1. The van der Waals surface area contributed by atoms with Gasteiger partial charge in [-0.2, -0.15) is 8.42 Å². The fraction of sp³-hybridized carbons (Fsp3) is 0.105. The summed E-state index contributed by atoms with van der Waals surface area (Å²) in [4.78, 5) is 3.57. The molecular weight excluding hydrogens is 448 g/mol. The molecule has 0 radical (unpaired) electrons. The molecule has 0 aliphatic heterocycles. The fourth-order valence-corrected chi connectivity index (χ4v) is 6.29. The number of anilines is 2. The molecule has 0 fully saturated rings. The number of halogens is 1. The number of rotatable bonds is 7. The normalized spacial score (nSPS) is 11.8. The summed E-state index contributed by atoms with van der Waals surface area (Å²) in [6.45, 7) is 1.77. The number of benzene rings is 2. The van der Waals surface area contributed by atoms with E-state index in [1.807, 2.05) is 0 Å². The number of aromatic nitrogens is 1. The predicted molar refractivity (Wildman–Crippen MR) is 116 cm³/mol. The molecule has 0 saturated carbocycles. The van der Waals surface area contributed by atoms with Crippen LogP contribution in [0.3, 0.4) is 0 Å². The van der Waals surface area contributed by atoms with E-state index in [-0.39, 0.29) is 22.0 Å². The number of hydrogen-bond acceptors (Lipinski definition) is 7. The van der Waals surface area contributed by atoms with Crippen LogP contribution < -0.4 is 15.6 Å². The molecule has 8 nitrogen and oxygen atoms in total. The highest BCUT2D eigenvalue weighted by molar-refractivity contribution is 7.93. The van der Waals surface area contributed by atoms with Crippen LogP contribution in [0.15, 0.2) is 81.7 Å². The standard InChI is InChI=1S/C19H19ClN4O4S2/c1-2-24(14-9-5-3-6-10-14)30(27,28)19-17(20)18(23-21)16(13-22-19)29(25,26)15-11-7-4-8-12-15/h3-13H,2,21H2,1H3,(H,22,23). The van der Waals surface area contributed by atoms with Gasteiger partial charge in [0, 0.05) is 12.7 Å². The second-order valence-corrected chi connectivity index (χ2v) is 10.2. The summed E-state index contributed by atoms with van der Waals surface area (Å²) in [5.41, 5.74) is 2.38. The smallest absolute Gasteiger partial charge is 0.283 e. The Hall–Kier alpha value is -2.66. The number of nitrogen functional groups attached to an aromatic ring is 1. The molecular formula is C19H19ClN4O4S2. The minimum absolute atomic E-state index is 0.00514. The van der Waals surface area contributed by atoms with Crippen LogP contribution in [-0.4, -0.2) is 28.4 Å². The number of hydrogen-bond donors (Lipinski definition) is 2. The summed E-state index contributed by atoms with van der Waals surface area (Å²) >= 11 is 6.31. The molecule has 0 spiro atoms. The third-order valence-electron chi connectivity index (χ3n) is 4.31. The zero-order valence-electron chi connectivity index (χ0n) is 15.9. The first-order valence-electron chi connectivity index (χ1n) is 8.78. The van der Waals surface area contributed by atoms with E-state index in [1.165, 1.54) is 12.1 Å². The molecule has 0 aliphatic carbocycles. The van der Waals surface area contributed by atoms with Gasteiger partial charge in [-0.15, -0.1) is 0 Å². The van der Waals surface area contributed by atoms with Gasteiger partial charge in [0.2, 0.25) is 9.84 Å². The maximum absolute atomic E-state index is 13.2. The lowest BCUT2D eigenvalue weighted by Crippen LogP contribution is -2.32. The number of hydrazine groups is 1. The average Bonchev–Trinajstić information content (AvgIpc) is 2.75. The van der Waals surface area contributed by atoms with Crippen LogP contribution in [0, 0.1) is 0 Å². The topological polar surface area (TPSA) is 122 Å². The summed E-state index contributed by atoms with van der Waals surface area (Å²) in [5.74, 6) is 5.52. The zero-order valence-corrected chi connectivity index (χ0v) is 18.2. The van der Waals surface area contributed by atoms with E-state index in [0.29, 0.717) is 5.69 Å². The average molecular weight is 467 g/mol. The van der Waals surface area contributed by atoms with Gasteiger partial charge in [0.15, 0.2) is 5.03 Å². The third-order valence-corrected chi connectivity index (χ3v) is 8.41. The van der Waals surface area contributed by atoms with Crippen molar-refractivity contribution in [3.05, 3.63) is 71.9 Å². The second kappa shape index (κ2) is 8.60. The van der Waals surface area contributed by atoms with Crippen LogP contribution in [0.25, 0.3) is 0 Å². The highest BCUT2D eigenvalue weighted by atomic mass is 35.5. The van der Waals surface area contributed by atoms with Gasteiger partial charge < -0.3 is 5.43 Å². The van der Waals surface area contributed by atoms with Gasteiger partial charge in [0.25, 0.3) is 10.0 Å². The number of para-hydroxylation sites is 1. The van der Waals surface area contributed by atoms with E-state index >= 15 is 0 Å². The van der Waals surface area contributed by atoms with E-state index in [0.717, 1.165) is 10.5 Å². The van der Waals surface area contributed by atoms with Crippen LogP contribution in [0.4, 0.5) is 11.4 Å². The lowest BCUT2D eigenvalue weighted by atomic mass is 10.3. The second-order valence-electron chi connectivity index (χ2n) is 6.08. The molecule has 11 heteroatoms. The first-order chi connectivity index (χ1) is 14.2. The summed E-state index contributed by atoms with van der Waals surface area (Å²) in [6, 6.07) is 16.0. The maximum Gasteiger partial charge on any atom is 0.283 e. The van der Waals surface area contributed by atoms with Crippen molar-refractivity contribution in [1.82, 2.24) is 4.98 Å². The third kappa shape index (κ3) is 3.86. The van der Waals surface area contributed by atoms with E-state index in [1.54, 1.807) is 55.5 Å².